The molecular formula is C26H26ClF2N3O2. The van der Waals surface area contributed by atoms with E-state index < -0.39 is 5.56 Å². The largest absolute Gasteiger partial charge is 0.353 e. The Morgan fingerprint density at radius 2 is 1.74 bits per heavy atom. The lowest BCUT2D eigenvalue weighted by Crippen LogP contribution is -2.39. The van der Waals surface area contributed by atoms with Gasteiger partial charge in [-0.3, -0.25) is 9.59 Å². The lowest BCUT2D eigenvalue weighted by molar-refractivity contribution is 0.0713. The lowest BCUT2D eigenvalue weighted by Gasteiger charge is -2.33. The molecule has 1 fully saturated rings. The van der Waals surface area contributed by atoms with Gasteiger partial charge in [-0.05, 0) is 74.1 Å². The maximum atomic E-state index is 13.6. The van der Waals surface area contributed by atoms with Crippen molar-refractivity contribution in [3.63, 3.8) is 0 Å². The maximum absolute atomic E-state index is 13.6. The van der Waals surface area contributed by atoms with E-state index in [1.165, 1.54) is 35.0 Å². The van der Waals surface area contributed by atoms with E-state index in [2.05, 4.69) is 5.32 Å². The van der Waals surface area contributed by atoms with Crippen LogP contribution in [0.4, 0.5) is 20.2 Å². The van der Waals surface area contributed by atoms with Gasteiger partial charge in [0, 0.05) is 31.5 Å². The van der Waals surface area contributed by atoms with Crippen molar-refractivity contribution in [1.82, 2.24) is 9.47 Å². The van der Waals surface area contributed by atoms with Crippen LogP contribution in [0.3, 0.4) is 0 Å². The number of hydrogen-bond acceptors (Lipinski definition) is 3. The Morgan fingerprint density at radius 1 is 1.09 bits per heavy atom. The summed E-state index contributed by atoms with van der Waals surface area (Å²) >= 11 is 6.44. The highest BCUT2D eigenvalue weighted by molar-refractivity contribution is 6.34. The monoisotopic (exact) mass is 485 g/mol. The molecule has 0 saturated carbocycles. The zero-order chi connectivity index (χ0) is 24.4. The molecule has 1 N–H and O–H groups in total. The Kier molecular flexibility index (Phi) is 7.03. The molecule has 1 aromatic heterocycles. The van der Waals surface area contributed by atoms with Crippen molar-refractivity contribution < 1.29 is 13.6 Å². The number of aryl methyl sites for hydroxylation is 2. The van der Waals surface area contributed by atoms with Crippen molar-refractivity contribution in [2.75, 3.05) is 18.4 Å². The van der Waals surface area contributed by atoms with E-state index >= 15 is 0 Å². The van der Waals surface area contributed by atoms with Crippen LogP contribution in [-0.4, -0.2) is 28.5 Å². The van der Waals surface area contributed by atoms with Gasteiger partial charge in [0.15, 0.2) is 0 Å². The summed E-state index contributed by atoms with van der Waals surface area (Å²) in [6, 6.07) is 10.7. The van der Waals surface area contributed by atoms with E-state index in [0.717, 1.165) is 18.4 Å². The molecule has 3 aromatic rings. The first-order valence-electron chi connectivity index (χ1n) is 11.3. The Bertz CT molecular complexity index is 1270. The number of nitrogens with one attached hydrogen (secondary N) is 1. The number of hydrogen-bond donors (Lipinski definition) is 1. The second-order valence-electron chi connectivity index (χ2n) is 8.53. The fraction of sp³-hybridized carbons (Fsp3) is 0.308. The third kappa shape index (κ3) is 4.85. The van der Waals surface area contributed by atoms with Crippen LogP contribution in [0.1, 0.15) is 47.2 Å². The Balaban J connectivity index is 1.62. The van der Waals surface area contributed by atoms with Gasteiger partial charge in [-0.15, -0.1) is 0 Å². The van der Waals surface area contributed by atoms with Crippen LogP contribution in [0.25, 0.3) is 0 Å². The quantitative estimate of drug-likeness (QED) is 0.491. The molecule has 178 valence electrons. The summed E-state index contributed by atoms with van der Waals surface area (Å²) in [5.74, 6) is -0.632. The molecule has 1 aliphatic rings. The highest BCUT2D eigenvalue weighted by Gasteiger charge is 2.28. The van der Waals surface area contributed by atoms with Gasteiger partial charge in [-0.25, -0.2) is 8.78 Å². The predicted octanol–water partition coefficient (Wildman–Crippen LogP) is 5.87. The highest BCUT2D eigenvalue weighted by Crippen LogP contribution is 2.32. The molecule has 5 nitrogen and oxygen atoms in total. The van der Waals surface area contributed by atoms with Crippen LogP contribution in [0.2, 0.25) is 5.02 Å². The molecule has 0 spiro atoms. The van der Waals surface area contributed by atoms with Crippen LogP contribution in [0.5, 0.6) is 0 Å². The van der Waals surface area contributed by atoms with Gasteiger partial charge in [0.05, 0.1) is 11.3 Å². The first kappa shape index (κ1) is 24.0. The molecule has 0 radical (unpaired) electrons. The zero-order valence-corrected chi connectivity index (χ0v) is 19.8. The number of aromatic nitrogens is 1. The average molecular weight is 486 g/mol. The predicted molar refractivity (Wildman–Crippen MR) is 130 cm³/mol. The molecule has 8 heteroatoms. The smallest absolute Gasteiger partial charge is 0.271 e. The van der Waals surface area contributed by atoms with Crippen LogP contribution in [-0.2, 0) is 6.54 Å². The Morgan fingerprint density at radius 3 is 2.35 bits per heavy atom. The summed E-state index contributed by atoms with van der Waals surface area (Å²) < 4.78 is 28.2. The molecule has 1 aliphatic heterocycles. The normalized spacial score (nSPS) is 14.3. The molecule has 2 aromatic carbocycles. The van der Waals surface area contributed by atoms with Crippen LogP contribution >= 0.6 is 11.6 Å². The molecule has 0 bridgehead atoms. The fourth-order valence-corrected chi connectivity index (χ4v) is 4.63. The summed E-state index contributed by atoms with van der Waals surface area (Å²) in [4.78, 5) is 28.0. The average Bonchev–Trinajstić information content (AvgIpc) is 2.84. The number of rotatable bonds is 5. The summed E-state index contributed by atoms with van der Waals surface area (Å²) in [6.07, 6.45) is 3.03. The second kappa shape index (κ2) is 9.97. The number of piperidine rings is 1. The second-order valence-corrected chi connectivity index (χ2v) is 8.90. The Labute approximate surface area is 202 Å². The van der Waals surface area contributed by atoms with Crippen molar-refractivity contribution in [2.24, 2.45) is 0 Å². The summed E-state index contributed by atoms with van der Waals surface area (Å²) in [6.45, 7) is 4.95. The van der Waals surface area contributed by atoms with Gasteiger partial charge in [0.1, 0.15) is 16.7 Å². The van der Waals surface area contributed by atoms with Crippen molar-refractivity contribution in [2.45, 2.75) is 39.2 Å². The highest BCUT2D eigenvalue weighted by atomic mass is 35.5. The number of likely N-dealkylation sites (tertiary alicyclic amines) is 1. The maximum Gasteiger partial charge on any atom is 0.271 e. The van der Waals surface area contributed by atoms with E-state index in [4.69, 9.17) is 11.6 Å². The number of halogens is 3. The van der Waals surface area contributed by atoms with Crippen molar-refractivity contribution in [3.05, 3.63) is 92.4 Å². The minimum absolute atomic E-state index is 0.0855. The van der Waals surface area contributed by atoms with Gasteiger partial charge in [-0.1, -0.05) is 23.7 Å². The number of amides is 1. The first-order valence-corrected chi connectivity index (χ1v) is 11.7. The van der Waals surface area contributed by atoms with Gasteiger partial charge >= 0.3 is 0 Å². The minimum atomic E-state index is -0.405. The van der Waals surface area contributed by atoms with Gasteiger partial charge in [0.25, 0.3) is 11.5 Å². The molecule has 1 amide bonds. The minimum Gasteiger partial charge on any atom is -0.353 e. The number of anilines is 2. The molecule has 0 unspecified atom stereocenters. The van der Waals surface area contributed by atoms with Crippen LogP contribution in [0, 0.1) is 18.6 Å². The number of carbonyl (C=O) groups is 1. The van der Waals surface area contributed by atoms with Crippen LogP contribution < -0.4 is 10.9 Å². The molecular weight excluding hydrogens is 460 g/mol. The van der Waals surface area contributed by atoms with Crippen LogP contribution in [0.15, 0.2) is 53.5 Å². The zero-order valence-electron chi connectivity index (χ0n) is 19.1. The topological polar surface area (TPSA) is 54.3 Å². The lowest BCUT2D eigenvalue weighted by atomic mass is 9.89. The third-order valence-electron chi connectivity index (χ3n) is 6.37. The van der Waals surface area contributed by atoms with E-state index in [9.17, 15) is 18.4 Å². The molecule has 0 aliphatic carbocycles. The number of benzene rings is 2. The summed E-state index contributed by atoms with van der Waals surface area (Å²) in [7, 11) is 0. The van der Waals surface area contributed by atoms with Gasteiger partial charge in [-0.2, -0.15) is 0 Å². The SMILES string of the molecule is CCn1cc(C(=O)N2CCC(c3ccc(F)cc3)CC2)c(Nc2ccc(F)cc2C)c(Cl)c1=O. The van der Waals surface area contributed by atoms with E-state index in [1.54, 1.807) is 36.9 Å². The summed E-state index contributed by atoms with van der Waals surface area (Å²) in [5.41, 5.74) is 2.34. The molecule has 0 atom stereocenters. The fourth-order valence-electron chi connectivity index (χ4n) is 4.37. The molecule has 4 rings (SSSR count). The Hall–Kier alpha value is -3.19. The van der Waals surface area contributed by atoms with Crippen molar-refractivity contribution in [3.8, 4) is 0 Å². The number of nitrogens with zero attached hydrogens (tertiary/aromatic N) is 2. The van der Waals surface area contributed by atoms with Gasteiger partial charge in [0.2, 0.25) is 0 Å². The number of pyridine rings is 1. The molecule has 2 heterocycles. The van der Waals surface area contributed by atoms with E-state index in [0.29, 0.717) is 30.9 Å². The molecule has 34 heavy (non-hydrogen) atoms. The third-order valence-corrected chi connectivity index (χ3v) is 6.72. The van der Waals surface area contributed by atoms with E-state index in [1.807, 2.05) is 0 Å². The summed E-state index contributed by atoms with van der Waals surface area (Å²) in [5, 5.41) is 3.01. The van der Waals surface area contributed by atoms with Crippen molar-refractivity contribution >= 4 is 28.9 Å². The first-order chi connectivity index (χ1) is 16.3. The standard InChI is InChI=1S/C26H26ClF2N3O2/c1-3-31-15-21(24(23(27)26(31)34)30-22-9-8-20(29)14-16(22)2)25(33)32-12-10-18(11-13-32)17-4-6-19(28)7-5-17/h4-9,14-15,18,30H,3,10-13H2,1-2H3. The molecule has 1 saturated heterocycles. The van der Waals surface area contributed by atoms with E-state index in [-0.39, 0.29) is 39.7 Å². The van der Waals surface area contributed by atoms with Crippen molar-refractivity contribution in [1.29, 1.82) is 0 Å². The number of carbonyl (C=O) groups excluding carboxylic acids is 1. The van der Waals surface area contributed by atoms with Gasteiger partial charge < -0.3 is 14.8 Å².